The van der Waals surface area contributed by atoms with Crippen LogP contribution in [0.4, 0.5) is 23.7 Å². The van der Waals surface area contributed by atoms with Gasteiger partial charge in [0.2, 0.25) is 11.8 Å². The van der Waals surface area contributed by atoms with E-state index in [1.807, 2.05) is 6.92 Å². The van der Waals surface area contributed by atoms with Crippen molar-refractivity contribution in [2.75, 3.05) is 5.32 Å². The van der Waals surface area contributed by atoms with Crippen LogP contribution in [0.1, 0.15) is 50.5 Å². The van der Waals surface area contributed by atoms with Gasteiger partial charge in [-0.25, -0.2) is 9.78 Å². The van der Waals surface area contributed by atoms with Crippen LogP contribution in [0, 0.1) is 5.92 Å². The summed E-state index contributed by atoms with van der Waals surface area (Å²) in [7, 11) is 0. The number of anilines is 1. The minimum atomic E-state index is -4.62. The van der Waals surface area contributed by atoms with E-state index >= 15 is 0 Å². The molecule has 3 aromatic rings. The van der Waals surface area contributed by atoms with Crippen LogP contribution in [0.25, 0.3) is 11.4 Å². The minimum absolute atomic E-state index is 0.0173. The number of carbonyl (C=O) groups excluding carboxylic acids is 1. The van der Waals surface area contributed by atoms with Gasteiger partial charge < -0.3 is 14.6 Å². The average molecular weight is 473 g/mol. The molecule has 0 spiro atoms. The van der Waals surface area contributed by atoms with Crippen molar-refractivity contribution in [3.8, 4) is 11.4 Å². The molecule has 9 nitrogen and oxygen atoms in total. The molecule has 0 radical (unpaired) electrons. The first-order chi connectivity index (χ1) is 16.2. The van der Waals surface area contributed by atoms with Crippen LogP contribution < -0.4 is 5.32 Å². The van der Waals surface area contributed by atoms with Gasteiger partial charge in [0.25, 0.3) is 0 Å². The molecule has 34 heavy (non-hydrogen) atoms. The molecule has 12 heteroatoms. The Balaban J connectivity index is 1.46. The second-order valence-electron chi connectivity index (χ2n) is 8.81. The van der Waals surface area contributed by atoms with Gasteiger partial charge in [-0.2, -0.15) is 18.3 Å². The van der Waals surface area contributed by atoms with E-state index in [1.54, 1.807) is 4.90 Å². The number of aryl methyl sites for hydroxylation is 1. The van der Waals surface area contributed by atoms with Gasteiger partial charge in [0.05, 0.1) is 11.8 Å². The highest BCUT2D eigenvalue weighted by Gasteiger charge is 2.62. The fourth-order valence-corrected chi connectivity index (χ4v) is 5.14. The van der Waals surface area contributed by atoms with Gasteiger partial charge in [-0.05, 0) is 37.0 Å². The largest absolute Gasteiger partial charge is 0.423 e. The quantitative estimate of drug-likeness (QED) is 0.597. The fraction of sp³-hybridized carbons (Fsp3) is 0.455. The Kier molecular flexibility index (Phi) is 5.25. The van der Waals surface area contributed by atoms with Crippen LogP contribution in [0.5, 0.6) is 0 Å². The highest BCUT2D eigenvalue weighted by atomic mass is 19.4. The predicted octanol–water partition coefficient (Wildman–Crippen LogP) is 4.43. The summed E-state index contributed by atoms with van der Waals surface area (Å²) >= 11 is 0. The maximum absolute atomic E-state index is 13.6. The first-order valence-corrected chi connectivity index (χ1v) is 11.0. The Morgan fingerprint density at radius 1 is 1.24 bits per heavy atom. The lowest BCUT2D eigenvalue weighted by Crippen LogP contribution is -2.70. The molecule has 1 saturated carbocycles. The van der Waals surface area contributed by atoms with E-state index in [9.17, 15) is 18.0 Å². The van der Waals surface area contributed by atoms with Crippen molar-refractivity contribution in [3.63, 3.8) is 0 Å². The van der Waals surface area contributed by atoms with E-state index in [2.05, 4.69) is 37.6 Å². The van der Waals surface area contributed by atoms with Gasteiger partial charge in [-0.3, -0.25) is 0 Å². The predicted molar refractivity (Wildman–Crippen MR) is 113 cm³/mol. The first-order valence-electron chi connectivity index (χ1n) is 11.0. The number of carbonyl (C=O) groups is 1. The van der Waals surface area contributed by atoms with Gasteiger partial charge in [0.1, 0.15) is 5.54 Å². The number of benzene rings is 1. The highest BCUT2D eigenvalue weighted by Crippen LogP contribution is 2.55. The molecule has 2 fully saturated rings. The number of halogens is 3. The van der Waals surface area contributed by atoms with Crippen LogP contribution in [-0.4, -0.2) is 42.4 Å². The number of nitrogens with zero attached hydrogens (tertiary/aromatic N) is 6. The topological polar surface area (TPSA) is 110 Å². The molecule has 5 rings (SSSR count). The normalized spacial score (nSPS) is 24.0. The zero-order valence-electron chi connectivity index (χ0n) is 18.5. The third-order valence-electron chi connectivity index (χ3n) is 6.45. The number of rotatable bonds is 4. The molecule has 1 aliphatic carbocycles. The summed E-state index contributed by atoms with van der Waals surface area (Å²) in [5.74, 6) is 1.07. The van der Waals surface area contributed by atoms with E-state index < -0.39 is 23.3 Å². The Morgan fingerprint density at radius 3 is 2.74 bits per heavy atom. The summed E-state index contributed by atoms with van der Waals surface area (Å²) in [4.78, 5) is 18.9. The standard InChI is InChI=1S/C22H22F3N7O2/c1-3-17-29-31-19(34-17)21-10-12(2)8-14(11-21)32(21)20(33)28-13-4-5-16(22(23,24)25)15(9-13)18-26-6-7-27-30-18/h4-7,9,12,14H,3,8,10-11H2,1-2H3,(H,28,33)/t12-,14-,21+/m0/s1. The van der Waals surface area contributed by atoms with E-state index in [1.165, 1.54) is 24.5 Å². The van der Waals surface area contributed by atoms with Crippen molar-refractivity contribution >= 4 is 11.7 Å². The lowest BCUT2D eigenvalue weighted by molar-refractivity contribution is -0.137. The zero-order valence-corrected chi connectivity index (χ0v) is 18.5. The molecule has 2 bridgehead atoms. The molecule has 1 aliphatic heterocycles. The lowest BCUT2D eigenvalue weighted by atomic mass is 9.64. The summed E-state index contributed by atoms with van der Waals surface area (Å²) in [5, 5.41) is 18.3. The second kappa shape index (κ2) is 8.03. The number of fused-ring (bicyclic) bond motifs is 2. The molecule has 2 aliphatic rings. The number of aromatic nitrogens is 5. The fourth-order valence-electron chi connectivity index (χ4n) is 5.14. The van der Waals surface area contributed by atoms with Crippen molar-refractivity contribution in [1.82, 2.24) is 30.3 Å². The van der Waals surface area contributed by atoms with Crippen LogP contribution in [0.3, 0.4) is 0 Å². The summed E-state index contributed by atoms with van der Waals surface area (Å²) < 4.78 is 46.6. The van der Waals surface area contributed by atoms with Crippen molar-refractivity contribution in [2.24, 2.45) is 5.92 Å². The van der Waals surface area contributed by atoms with Crippen molar-refractivity contribution in [1.29, 1.82) is 0 Å². The SMILES string of the molecule is CCc1nnc([C@@]23C[C@@H](C)C[C@@H](C2)N3C(=O)Nc2ccc(C(F)(F)F)c(-c3nccnn3)c2)o1. The van der Waals surface area contributed by atoms with Gasteiger partial charge in [0.15, 0.2) is 5.82 Å². The van der Waals surface area contributed by atoms with Crippen molar-refractivity contribution < 1.29 is 22.4 Å². The third-order valence-corrected chi connectivity index (χ3v) is 6.45. The maximum Gasteiger partial charge on any atom is 0.417 e. The van der Waals surface area contributed by atoms with Gasteiger partial charge in [-0.1, -0.05) is 13.8 Å². The number of alkyl halides is 3. The van der Waals surface area contributed by atoms with Crippen molar-refractivity contribution in [2.45, 2.75) is 57.3 Å². The smallest absolute Gasteiger partial charge is 0.417 e. The van der Waals surface area contributed by atoms with Crippen LogP contribution in [0.2, 0.25) is 0 Å². The molecule has 1 aromatic carbocycles. The Labute approximate surface area is 192 Å². The maximum atomic E-state index is 13.6. The molecule has 1 saturated heterocycles. The van der Waals surface area contributed by atoms with Crippen LogP contribution in [0.15, 0.2) is 35.0 Å². The highest BCUT2D eigenvalue weighted by molar-refractivity contribution is 5.92. The number of hydrogen-bond acceptors (Lipinski definition) is 7. The molecular weight excluding hydrogens is 451 g/mol. The third kappa shape index (κ3) is 3.66. The summed E-state index contributed by atoms with van der Waals surface area (Å²) in [6.45, 7) is 4.02. The molecule has 2 amide bonds. The number of hydrogen-bond donors (Lipinski definition) is 1. The molecule has 2 aromatic heterocycles. The van der Waals surface area contributed by atoms with Crippen LogP contribution in [-0.2, 0) is 18.1 Å². The Morgan fingerprint density at radius 2 is 2.06 bits per heavy atom. The van der Waals surface area contributed by atoms with E-state index in [0.717, 1.165) is 12.5 Å². The Bertz CT molecular complexity index is 1220. The molecule has 3 heterocycles. The molecule has 0 unspecified atom stereocenters. The minimum Gasteiger partial charge on any atom is -0.423 e. The van der Waals surface area contributed by atoms with Gasteiger partial charge >= 0.3 is 12.2 Å². The van der Waals surface area contributed by atoms with Crippen LogP contribution >= 0.6 is 0 Å². The summed E-state index contributed by atoms with van der Waals surface area (Å²) in [5.41, 5.74) is -1.71. The van der Waals surface area contributed by atoms with E-state index in [-0.39, 0.29) is 23.1 Å². The lowest BCUT2D eigenvalue weighted by Gasteiger charge is -2.61. The summed E-state index contributed by atoms with van der Waals surface area (Å²) in [6.07, 6.45) is 0.690. The van der Waals surface area contributed by atoms with E-state index in [4.69, 9.17) is 4.42 Å². The molecule has 178 valence electrons. The number of nitrogens with one attached hydrogen (secondary N) is 1. The number of likely N-dealkylation sites (tertiary alicyclic amines) is 1. The Hall–Kier alpha value is -3.57. The van der Waals surface area contributed by atoms with Gasteiger partial charge in [0, 0.05) is 36.3 Å². The zero-order chi connectivity index (χ0) is 24.1. The number of amides is 2. The number of piperidine rings is 1. The monoisotopic (exact) mass is 473 g/mol. The average Bonchev–Trinajstić information content (AvgIpc) is 3.28. The molecular formula is C22H22F3N7O2. The first kappa shape index (κ1) is 22.2. The second-order valence-corrected chi connectivity index (χ2v) is 8.81. The summed E-state index contributed by atoms with van der Waals surface area (Å²) in [6, 6.07) is 2.88. The van der Waals surface area contributed by atoms with E-state index in [0.29, 0.717) is 37.0 Å². The molecule has 1 N–H and O–H groups in total. The molecule has 3 atom stereocenters. The van der Waals surface area contributed by atoms with Gasteiger partial charge in [-0.15, -0.1) is 15.3 Å². The van der Waals surface area contributed by atoms with Crippen molar-refractivity contribution in [3.05, 3.63) is 47.9 Å². The number of urea groups is 1.